The van der Waals surface area contributed by atoms with E-state index in [0.717, 1.165) is 46.3 Å². The van der Waals surface area contributed by atoms with Crippen molar-refractivity contribution < 1.29 is 29.4 Å². The Labute approximate surface area is 295 Å². The lowest BCUT2D eigenvalue weighted by atomic mass is 9.98. The molecule has 1 aliphatic rings. The maximum Gasteiger partial charge on any atom is 0.243 e. The highest BCUT2D eigenvalue weighted by Gasteiger charge is 2.33. The fourth-order valence-corrected chi connectivity index (χ4v) is 6.32. The Hall–Kier alpha value is -4.38. The topological polar surface area (TPSA) is 120 Å². The summed E-state index contributed by atoms with van der Waals surface area (Å²) in [5, 5.41) is 21.2. The van der Waals surface area contributed by atoms with Crippen molar-refractivity contribution in [3.8, 4) is 11.1 Å². The van der Waals surface area contributed by atoms with Crippen molar-refractivity contribution in [3.05, 3.63) is 131 Å². The predicted octanol–water partition coefficient (Wildman–Crippen LogP) is 7.16. The van der Waals surface area contributed by atoms with Gasteiger partial charge in [0, 0.05) is 44.0 Å². The molecule has 0 saturated carbocycles. The highest BCUT2D eigenvalue weighted by Crippen LogP contribution is 2.39. The summed E-state index contributed by atoms with van der Waals surface area (Å²) in [5.74, 6) is -0.441. The van der Waals surface area contributed by atoms with Crippen LogP contribution in [0.3, 0.4) is 0 Å². The Morgan fingerprint density at radius 2 is 1.50 bits per heavy atom. The van der Waals surface area contributed by atoms with Crippen LogP contribution in [0, 0.1) is 0 Å². The van der Waals surface area contributed by atoms with Crippen LogP contribution in [-0.2, 0) is 32.2 Å². The number of rotatable bonds is 16. The normalized spacial score (nSPS) is 18.1. The molecule has 1 fully saturated rings. The van der Waals surface area contributed by atoms with Crippen LogP contribution in [-0.4, -0.2) is 46.7 Å². The molecule has 264 valence electrons. The number of aliphatic hydroxyl groups is 1. The van der Waals surface area contributed by atoms with Crippen molar-refractivity contribution in [2.45, 2.75) is 83.1 Å². The Morgan fingerprint density at radius 1 is 0.800 bits per heavy atom. The van der Waals surface area contributed by atoms with Crippen LogP contribution in [0.25, 0.3) is 11.1 Å². The molecule has 9 heteroatoms. The van der Waals surface area contributed by atoms with E-state index in [2.05, 4.69) is 72.7 Å². The minimum atomic E-state index is -0.572. The van der Waals surface area contributed by atoms with Crippen LogP contribution in [0.15, 0.2) is 103 Å². The summed E-state index contributed by atoms with van der Waals surface area (Å²) in [6, 6.07) is 35.0. The van der Waals surface area contributed by atoms with Crippen molar-refractivity contribution in [2.24, 2.45) is 0 Å². The van der Waals surface area contributed by atoms with Gasteiger partial charge in [-0.2, -0.15) is 0 Å². The summed E-state index contributed by atoms with van der Waals surface area (Å²) in [6.07, 6.45) is 2.55. The number of nitrogens with zero attached hydrogens (tertiary/aromatic N) is 1. The molecule has 0 spiro atoms. The molecular weight excluding hydrogens is 630 g/mol. The number of hydrogen-bond acceptors (Lipinski definition) is 7. The first kappa shape index (κ1) is 36.9. The molecule has 0 radical (unpaired) electrons. The molecule has 1 aliphatic heterocycles. The van der Waals surface area contributed by atoms with E-state index in [-0.39, 0.29) is 37.2 Å². The van der Waals surface area contributed by atoms with E-state index in [9.17, 15) is 14.7 Å². The number of nitrogens with one attached hydrogen (secondary N) is 2. The quantitative estimate of drug-likeness (QED) is 0.0564. The summed E-state index contributed by atoms with van der Waals surface area (Å²) in [7, 11) is 2.13. The first-order chi connectivity index (χ1) is 24.3. The van der Waals surface area contributed by atoms with Gasteiger partial charge in [-0.05, 0) is 72.3 Å². The number of carbonyl (C=O) groups excluding carboxylic acids is 2. The zero-order valence-electron chi connectivity index (χ0n) is 29.0. The molecule has 4 atom stereocenters. The van der Waals surface area contributed by atoms with Gasteiger partial charge in [-0.3, -0.25) is 19.7 Å². The zero-order valence-corrected chi connectivity index (χ0v) is 29.0. The third-order valence-corrected chi connectivity index (χ3v) is 9.39. The molecule has 2 amide bonds. The number of aliphatic hydroxyl groups excluding tert-OH is 1. The molecule has 0 aliphatic carbocycles. The highest BCUT2D eigenvalue weighted by molar-refractivity contribution is 5.76. The van der Waals surface area contributed by atoms with Gasteiger partial charge in [0.05, 0.1) is 18.8 Å². The number of unbranched alkanes of at least 4 members (excludes halogenated alkanes) is 2. The largest absolute Gasteiger partial charge is 0.392 e. The molecule has 1 heterocycles. The molecule has 5 rings (SSSR count). The molecular formula is C41H49N3O6. The summed E-state index contributed by atoms with van der Waals surface area (Å²) in [5.41, 5.74) is 8.78. The molecule has 4 aromatic rings. The number of carbonyl (C=O) groups is 2. The molecule has 0 unspecified atom stereocenters. The van der Waals surface area contributed by atoms with Crippen LogP contribution < -0.4 is 10.8 Å². The van der Waals surface area contributed by atoms with Crippen molar-refractivity contribution in [3.63, 3.8) is 0 Å². The summed E-state index contributed by atoms with van der Waals surface area (Å²) >= 11 is 0. The smallest absolute Gasteiger partial charge is 0.243 e. The van der Waals surface area contributed by atoms with Gasteiger partial charge in [0.25, 0.3) is 0 Å². The van der Waals surface area contributed by atoms with E-state index in [4.69, 9.17) is 14.7 Å². The fraction of sp³-hybridized carbons (Fsp3) is 0.366. The Morgan fingerprint density at radius 3 is 2.22 bits per heavy atom. The summed E-state index contributed by atoms with van der Waals surface area (Å²) in [4.78, 5) is 25.9. The standard InChI is InChI=1S/C41H49N3O6/c1-29(32-12-5-3-6-13-32)44(2)27-37-25-38(33-21-19-30(28-45)20-22-33)50-41(49-37)36-16-10-15-35(24-36)34-14-9-11-31(23-34)26-42-39(46)17-7-4-8-18-40(47)43-48/h3,5-6,9-16,19-24,29,37-38,41,45,48H,4,7-8,17-18,25-28H2,1-2H3,(H,42,46)(H,43,47)/t29-,37+,38-,41-/m0/s1. The fourth-order valence-electron chi connectivity index (χ4n) is 6.32. The summed E-state index contributed by atoms with van der Waals surface area (Å²) in [6.45, 7) is 3.36. The molecule has 9 nitrogen and oxygen atoms in total. The van der Waals surface area contributed by atoms with Crippen LogP contribution in [0.4, 0.5) is 0 Å². The van der Waals surface area contributed by atoms with Gasteiger partial charge in [-0.25, -0.2) is 5.48 Å². The molecule has 50 heavy (non-hydrogen) atoms. The van der Waals surface area contributed by atoms with Gasteiger partial charge in [0.1, 0.15) is 0 Å². The van der Waals surface area contributed by atoms with E-state index in [1.807, 2.05) is 54.6 Å². The van der Waals surface area contributed by atoms with Crippen molar-refractivity contribution >= 4 is 11.8 Å². The minimum Gasteiger partial charge on any atom is -0.392 e. The Balaban J connectivity index is 1.26. The van der Waals surface area contributed by atoms with Gasteiger partial charge >= 0.3 is 0 Å². The molecule has 0 bridgehead atoms. The van der Waals surface area contributed by atoms with Gasteiger partial charge < -0.3 is 19.9 Å². The number of ether oxygens (including phenoxy) is 2. The Bertz CT molecular complexity index is 1660. The predicted molar refractivity (Wildman–Crippen MR) is 193 cm³/mol. The molecule has 4 N–H and O–H groups in total. The maximum atomic E-state index is 12.4. The number of likely N-dealkylation sites (N-methyl/N-ethyl adjacent to an activating group) is 1. The zero-order chi connectivity index (χ0) is 35.3. The molecule has 4 aromatic carbocycles. The van der Waals surface area contributed by atoms with Gasteiger partial charge in [-0.15, -0.1) is 0 Å². The summed E-state index contributed by atoms with van der Waals surface area (Å²) < 4.78 is 13.3. The van der Waals surface area contributed by atoms with Gasteiger partial charge in [0.2, 0.25) is 11.8 Å². The third-order valence-electron chi connectivity index (χ3n) is 9.39. The van der Waals surface area contributed by atoms with E-state index in [0.29, 0.717) is 32.2 Å². The monoisotopic (exact) mass is 679 g/mol. The van der Waals surface area contributed by atoms with Crippen LogP contribution in [0.2, 0.25) is 0 Å². The molecule has 1 saturated heterocycles. The first-order valence-corrected chi connectivity index (χ1v) is 17.5. The lowest BCUT2D eigenvalue weighted by Gasteiger charge is -2.39. The van der Waals surface area contributed by atoms with Crippen molar-refractivity contribution in [1.29, 1.82) is 0 Å². The SMILES string of the molecule is C[C@@H](c1ccccc1)N(C)C[C@H]1C[C@@H](c2ccc(CO)cc2)O[C@@H](c2cccc(-c3cccc(CNC(=O)CCCCCC(=O)NO)c3)c2)O1. The van der Waals surface area contributed by atoms with Gasteiger partial charge in [-0.1, -0.05) is 97.4 Å². The van der Waals surface area contributed by atoms with Crippen LogP contribution in [0.5, 0.6) is 0 Å². The van der Waals surface area contributed by atoms with E-state index < -0.39 is 12.2 Å². The van der Waals surface area contributed by atoms with E-state index in [1.165, 1.54) is 5.56 Å². The lowest BCUT2D eigenvalue weighted by Crippen LogP contribution is -2.38. The van der Waals surface area contributed by atoms with E-state index in [1.54, 1.807) is 5.48 Å². The average molecular weight is 680 g/mol. The number of hydroxylamine groups is 1. The second kappa shape index (κ2) is 18.6. The average Bonchev–Trinajstić information content (AvgIpc) is 3.17. The van der Waals surface area contributed by atoms with Crippen LogP contribution >= 0.6 is 0 Å². The number of benzene rings is 4. The van der Waals surface area contributed by atoms with Crippen molar-refractivity contribution in [2.75, 3.05) is 13.6 Å². The molecule has 0 aromatic heterocycles. The first-order valence-electron chi connectivity index (χ1n) is 17.5. The minimum absolute atomic E-state index is 0.00224. The second-order valence-corrected chi connectivity index (χ2v) is 13.1. The lowest BCUT2D eigenvalue weighted by molar-refractivity contribution is -0.253. The van der Waals surface area contributed by atoms with Gasteiger partial charge in [0.15, 0.2) is 6.29 Å². The third kappa shape index (κ3) is 10.6. The highest BCUT2D eigenvalue weighted by atomic mass is 16.7. The second-order valence-electron chi connectivity index (χ2n) is 13.1. The Kier molecular flexibility index (Phi) is 13.7. The van der Waals surface area contributed by atoms with Crippen molar-refractivity contribution in [1.82, 2.24) is 15.7 Å². The van der Waals surface area contributed by atoms with Crippen LogP contribution in [0.1, 0.15) is 91.7 Å². The maximum absolute atomic E-state index is 12.4. The number of amides is 2. The van der Waals surface area contributed by atoms with E-state index >= 15 is 0 Å². The number of hydrogen-bond donors (Lipinski definition) is 4.